The minimum atomic E-state index is -0.308. The van der Waals surface area contributed by atoms with Gasteiger partial charge in [-0.1, -0.05) is 47.5 Å². The number of carbonyl (C=O) groups excluding carboxylic acids is 4. The summed E-state index contributed by atoms with van der Waals surface area (Å²) in [5, 5.41) is 17.3. The molecule has 2 aliphatic heterocycles. The van der Waals surface area contributed by atoms with Gasteiger partial charge in [-0.3, -0.25) is 19.2 Å². The second-order valence-electron chi connectivity index (χ2n) is 15.9. The van der Waals surface area contributed by atoms with Crippen LogP contribution < -0.4 is 20.1 Å². The van der Waals surface area contributed by atoms with Gasteiger partial charge in [-0.15, -0.1) is 10.2 Å². The van der Waals surface area contributed by atoms with Crippen molar-refractivity contribution in [3.8, 4) is 34.4 Å². The average molecular weight is 914 g/mol. The first-order valence-corrected chi connectivity index (χ1v) is 21.8. The molecule has 7 aromatic rings. The number of hydrogen-bond acceptors (Lipinski definition) is 11. The highest BCUT2D eigenvalue weighted by Gasteiger charge is 2.34. The largest absolute Gasteiger partial charge is 0.496 e. The Labute approximate surface area is 383 Å². The Kier molecular flexibility index (Phi) is 12.3. The third-order valence-electron chi connectivity index (χ3n) is 11.8. The lowest BCUT2D eigenvalue weighted by molar-refractivity contribution is -0.117. The van der Waals surface area contributed by atoms with Crippen molar-refractivity contribution in [3.05, 3.63) is 119 Å². The van der Waals surface area contributed by atoms with Crippen molar-refractivity contribution in [1.29, 1.82) is 0 Å². The van der Waals surface area contributed by atoms with Crippen LogP contribution in [0.3, 0.4) is 0 Å². The van der Waals surface area contributed by atoms with E-state index in [1.54, 1.807) is 109 Å². The van der Waals surface area contributed by atoms with Gasteiger partial charge in [0.1, 0.15) is 33.2 Å². The Morgan fingerprint density at radius 2 is 1.03 bits per heavy atom. The second kappa shape index (κ2) is 18.6. The number of amides is 4. The van der Waals surface area contributed by atoms with Crippen LogP contribution in [0, 0.1) is 0 Å². The van der Waals surface area contributed by atoms with E-state index < -0.39 is 0 Å². The molecule has 0 bridgehead atoms. The summed E-state index contributed by atoms with van der Waals surface area (Å²) in [7, 11) is 3.12. The average Bonchev–Trinajstić information content (AvgIpc) is 4.10. The number of halogens is 2. The predicted octanol–water partition coefficient (Wildman–Crippen LogP) is 9.09. The number of methoxy groups -OCH3 is 2. The fourth-order valence-electron chi connectivity index (χ4n) is 8.72. The number of anilines is 2. The molecular weight excluding hydrogens is 871 g/mol. The van der Waals surface area contributed by atoms with E-state index in [0.717, 1.165) is 12.8 Å². The molecule has 4 amide bonds. The lowest BCUT2D eigenvalue weighted by atomic mass is 10.1. The summed E-state index contributed by atoms with van der Waals surface area (Å²) in [6.07, 6.45) is 3.11. The zero-order valence-electron chi connectivity index (χ0n) is 35.3. The fourth-order valence-corrected chi connectivity index (χ4v) is 9.11. The number of ether oxygens (including phenoxy) is 2. The second-order valence-corrected chi connectivity index (χ2v) is 16.6. The van der Waals surface area contributed by atoms with Crippen LogP contribution >= 0.6 is 23.2 Å². The number of nitrogens with one attached hydrogen (secondary N) is 2. The van der Waals surface area contributed by atoms with Gasteiger partial charge in [0.2, 0.25) is 23.6 Å². The normalized spacial score (nSPS) is 15.9. The van der Waals surface area contributed by atoms with Gasteiger partial charge < -0.3 is 34.3 Å². The highest BCUT2D eigenvalue weighted by Crippen LogP contribution is 2.34. The summed E-state index contributed by atoms with van der Waals surface area (Å²) in [5.41, 5.74) is 2.89. The molecule has 2 fully saturated rings. The number of pyridine rings is 2. The summed E-state index contributed by atoms with van der Waals surface area (Å²) in [6, 6.07) is 27.6. The maximum atomic E-state index is 13.8. The Morgan fingerprint density at radius 1 is 0.615 bits per heavy atom. The van der Waals surface area contributed by atoms with Gasteiger partial charge in [0, 0.05) is 82.1 Å². The smallest absolute Gasteiger partial charge is 0.273 e. The first kappa shape index (κ1) is 43.2. The van der Waals surface area contributed by atoms with Crippen molar-refractivity contribution >= 4 is 79.8 Å². The molecule has 9 rings (SSSR count). The lowest BCUT2D eigenvalue weighted by Gasteiger charge is -2.25. The van der Waals surface area contributed by atoms with E-state index in [9.17, 15) is 19.2 Å². The van der Waals surface area contributed by atoms with Crippen LogP contribution in [0.2, 0.25) is 10.3 Å². The minimum Gasteiger partial charge on any atom is -0.496 e. The van der Waals surface area contributed by atoms with Crippen LogP contribution in [0.15, 0.2) is 101 Å². The van der Waals surface area contributed by atoms with Crippen LogP contribution in [0.25, 0.3) is 44.5 Å². The molecule has 0 unspecified atom stereocenters. The number of fused-ring (bicyclic) bond motifs is 2. The van der Waals surface area contributed by atoms with E-state index in [1.165, 1.54) is 0 Å². The molecular formula is C48H42Cl2N8O7. The molecule has 0 saturated carbocycles. The highest BCUT2D eigenvalue weighted by atomic mass is 35.5. The SMILES string of the molecule is COc1cccc2c(C(=O)N3CCC[C@H]3CC(=O)Nc3ccc(-c4nnc(-c5ccc(NC(=O)C[C@@H]6CCCN6C(=O)c6nc(Cl)cc7c(OC)cccc67)cc5)o4)cc3)nc(Cl)cc12. The van der Waals surface area contributed by atoms with Crippen LogP contribution in [-0.2, 0) is 9.59 Å². The van der Waals surface area contributed by atoms with Gasteiger partial charge in [-0.25, -0.2) is 9.97 Å². The molecule has 2 saturated heterocycles. The van der Waals surface area contributed by atoms with E-state index in [0.29, 0.717) is 81.5 Å². The van der Waals surface area contributed by atoms with E-state index in [4.69, 9.17) is 37.1 Å². The summed E-state index contributed by atoms with van der Waals surface area (Å²) < 4.78 is 17.0. The van der Waals surface area contributed by atoms with Crippen LogP contribution in [0.4, 0.5) is 11.4 Å². The Balaban J connectivity index is 0.786. The van der Waals surface area contributed by atoms with Crippen LogP contribution in [0.1, 0.15) is 59.5 Å². The van der Waals surface area contributed by atoms with Crippen molar-refractivity contribution in [2.45, 2.75) is 50.6 Å². The molecule has 2 aliphatic rings. The molecule has 17 heteroatoms. The maximum absolute atomic E-state index is 13.8. The molecule has 65 heavy (non-hydrogen) atoms. The summed E-state index contributed by atoms with van der Waals surface area (Å²) in [5.74, 6) is 0.713. The van der Waals surface area contributed by atoms with Gasteiger partial charge in [0.05, 0.1) is 14.2 Å². The molecule has 5 heterocycles. The number of aromatic nitrogens is 4. The summed E-state index contributed by atoms with van der Waals surface area (Å²) in [4.78, 5) is 66.3. The van der Waals surface area contributed by atoms with E-state index in [1.807, 2.05) is 12.1 Å². The van der Waals surface area contributed by atoms with Crippen molar-refractivity contribution in [3.63, 3.8) is 0 Å². The standard InChI is InChI=1S/C48H42Cl2N8O7/c1-63-37-11-3-9-33-35(37)25-39(49)53-43(33)47(61)57-21-5-7-31(57)23-41(59)51-29-17-13-27(14-18-29)45-55-56-46(65-45)28-15-19-30(20-16-28)52-42(60)24-32-8-6-22-58(32)48(62)44-34-10-4-12-38(64-2)36(34)26-40(50)54-44/h3-4,9-20,25-26,31-32H,5-8,21-24H2,1-2H3,(H,51,59)(H,52,60)/t31-,32-/m0/s1. The van der Waals surface area contributed by atoms with E-state index >= 15 is 0 Å². The molecule has 3 aromatic heterocycles. The summed E-state index contributed by atoms with van der Waals surface area (Å²) in [6.45, 7) is 1.00. The topological polar surface area (TPSA) is 182 Å². The molecule has 2 N–H and O–H groups in total. The van der Waals surface area contributed by atoms with Gasteiger partial charge in [-0.2, -0.15) is 0 Å². The van der Waals surface area contributed by atoms with Crippen molar-refractivity contribution in [1.82, 2.24) is 30.0 Å². The van der Waals surface area contributed by atoms with Crippen molar-refractivity contribution < 1.29 is 33.1 Å². The van der Waals surface area contributed by atoms with Crippen LogP contribution in [-0.4, -0.2) is 93.0 Å². The Hall–Kier alpha value is -7.10. The molecule has 0 radical (unpaired) electrons. The van der Waals surface area contributed by atoms with E-state index in [2.05, 4.69) is 30.8 Å². The zero-order chi connectivity index (χ0) is 45.2. The van der Waals surface area contributed by atoms with Gasteiger partial charge in [0.25, 0.3) is 11.8 Å². The predicted molar refractivity (Wildman–Crippen MR) is 246 cm³/mol. The number of nitrogens with zero attached hydrogens (tertiary/aromatic N) is 6. The first-order valence-electron chi connectivity index (χ1n) is 21.1. The number of carbonyl (C=O) groups is 4. The summed E-state index contributed by atoms with van der Waals surface area (Å²) >= 11 is 12.7. The number of likely N-dealkylation sites (tertiary alicyclic amines) is 2. The Morgan fingerprint density at radius 3 is 1.43 bits per heavy atom. The molecule has 2 atom stereocenters. The molecule has 0 aliphatic carbocycles. The number of rotatable bonds is 12. The number of hydrogen-bond donors (Lipinski definition) is 2. The fraction of sp³-hybridized carbons (Fsp3) is 0.250. The third-order valence-corrected chi connectivity index (χ3v) is 12.2. The molecule has 0 spiro atoms. The molecule has 15 nitrogen and oxygen atoms in total. The Bertz CT molecular complexity index is 2770. The third kappa shape index (κ3) is 9.02. The number of benzene rings is 4. The maximum Gasteiger partial charge on any atom is 0.273 e. The lowest BCUT2D eigenvalue weighted by Crippen LogP contribution is -2.38. The monoisotopic (exact) mass is 912 g/mol. The quantitative estimate of drug-likeness (QED) is 0.112. The van der Waals surface area contributed by atoms with Crippen molar-refractivity contribution in [2.75, 3.05) is 37.9 Å². The van der Waals surface area contributed by atoms with E-state index in [-0.39, 0.29) is 82.0 Å². The minimum absolute atomic E-state index is 0.113. The van der Waals surface area contributed by atoms with Gasteiger partial charge >= 0.3 is 0 Å². The highest BCUT2D eigenvalue weighted by molar-refractivity contribution is 6.31. The van der Waals surface area contributed by atoms with Gasteiger partial charge in [0.15, 0.2) is 0 Å². The zero-order valence-corrected chi connectivity index (χ0v) is 36.9. The molecule has 4 aromatic carbocycles. The first-order chi connectivity index (χ1) is 31.6. The molecule has 330 valence electrons. The van der Waals surface area contributed by atoms with Gasteiger partial charge in [-0.05, 0) is 98.5 Å². The van der Waals surface area contributed by atoms with Crippen molar-refractivity contribution in [2.24, 2.45) is 0 Å². The van der Waals surface area contributed by atoms with Crippen LogP contribution in [0.5, 0.6) is 11.5 Å².